The third-order valence-electron chi connectivity index (χ3n) is 3.94. The fraction of sp³-hybridized carbons (Fsp3) is 0.533. The fourth-order valence-corrected chi connectivity index (χ4v) is 4.16. The lowest BCUT2D eigenvalue weighted by Crippen LogP contribution is -2.21. The first-order valence-electron chi connectivity index (χ1n) is 7.51. The second kappa shape index (κ2) is 7.93. The van der Waals surface area contributed by atoms with Crippen molar-refractivity contribution >= 4 is 28.9 Å². The number of aromatic nitrogens is 1. The van der Waals surface area contributed by atoms with Crippen molar-refractivity contribution < 1.29 is 9.90 Å². The number of thiazole rings is 1. The molecule has 1 aromatic heterocycles. The molecular weight excluding hydrogens is 300 g/mol. The summed E-state index contributed by atoms with van der Waals surface area (Å²) in [5.41, 5.74) is 13.7. The lowest BCUT2D eigenvalue weighted by Gasteiger charge is -2.26. The van der Waals surface area contributed by atoms with Gasteiger partial charge in [0.2, 0.25) is 5.13 Å². The van der Waals surface area contributed by atoms with Crippen LogP contribution in [0.5, 0.6) is 0 Å². The van der Waals surface area contributed by atoms with E-state index >= 15 is 0 Å². The monoisotopic (exact) mass is 322 g/mol. The normalized spacial score (nSPS) is 20.0. The molecule has 1 atom stereocenters. The van der Waals surface area contributed by atoms with Gasteiger partial charge in [-0.3, -0.25) is 4.79 Å². The van der Waals surface area contributed by atoms with Crippen LogP contribution >= 0.6 is 11.3 Å². The van der Waals surface area contributed by atoms with E-state index in [1.54, 1.807) is 16.9 Å². The highest BCUT2D eigenvalue weighted by molar-refractivity contribution is 7.15. The molecule has 0 saturated heterocycles. The molecule has 0 amide bonds. The predicted molar refractivity (Wildman–Crippen MR) is 88.5 cm³/mol. The van der Waals surface area contributed by atoms with Crippen LogP contribution in [-0.2, 0) is 11.2 Å². The quantitative estimate of drug-likeness (QED) is 0.335. The zero-order chi connectivity index (χ0) is 15.9. The number of carboxylic acid groups (broad SMARTS) is 1. The summed E-state index contributed by atoms with van der Waals surface area (Å²) >= 11 is 1.65. The molecule has 2 aliphatic rings. The van der Waals surface area contributed by atoms with Crippen LogP contribution in [0.1, 0.15) is 55.0 Å². The molecule has 1 heterocycles. The highest BCUT2D eigenvalue weighted by Gasteiger charge is 2.27. The van der Waals surface area contributed by atoms with Crippen LogP contribution in [0.2, 0.25) is 0 Å². The summed E-state index contributed by atoms with van der Waals surface area (Å²) in [6.07, 6.45) is 11.1. The smallest absolute Gasteiger partial charge is 0.290 e. The van der Waals surface area contributed by atoms with Gasteiger partial charge in [0.05, 0.1) is 5.69 Å². The summed E-state index contributed by atoms with van der Waals surface area (Å²) in [5, 5.41) is 7.60. The van der Waals surface area contributed by atoms with Crippen LogP contribution in [-0.4, -0.2) is 22.5 Å². The van der Waals surface area contributed by atoms with Crippen molar-refractivity contribution in [1.29, 1.82) is 0 Å². The first kappa shape index (κ1) is 16.5. The Morgan fingerprint density at radius 3 is 2.77 bits per heavy atom. The maximum absolute atomic E-state index is 8.36. The van der Waals surface area contributed by atoms with Crippen molar-refractivity contribution in [1.82, 2.24) is 4.98 Å². The standard InChI is InChI=1S/C14H20N4S.CH2O2/c15-13(16)18-14-17-12-10(7-4-8-11(12)19-14)9-5-2-1-3-6-9;2-1-3/h5,10H,1-4,6-8H2,(H4,15,16,17,18);1H,(H,2,3)/t10-;/m0./s1. The lowest BCUT2D eigenvalue weighted by molar-refractivity contribution is -0.122. The molecule has 0 fully saturated rings. The Morgan fingerprint density at radius 1 is 1.36 bits per heavy atom. The van der Waals surface area contributed by atoms with Gasteiger partial charge in [0, 0.05) is 10.8 Å². The molecule has 6 nitrogen and oxygen atoms in total. The van der Waals surface area contributed by atoms with Gasteiger partial charge in [-0.05, 0) is 44.9 Å². The number of guanidine groups is 1. The summed E-state index contributed by atoms with van der Waals surface area (Å²) in [5.74, 6) is 0.614. The van der Waals surface area contributed by atoms with Crippen LogP contribution in [0.15, 0.2) is 16.6 Å². The van der Waals surface area contributed by atoms with Gasteiger partial charge in [0.25, 0.3) is 6.47 Å². The summed E-state index contributed by atoms with van der Waals surface area (Å²) < 4.78 is 0. The number of fused-ring (bicyclic) bond motifs is 1. The second-order valence-corrected chi connectivity index (χ2v) is 6.48. The Morgan fingerprint density at radius 2 is 2.14 bits per heavy atom. The third-order valence-corrected chi connectivity index (χ3v) is 4.97. The van der Waals surface area contributed by atoms with Gasteiger partial charge >= 0.3 is 0 Å². The molecule has 120 valence electrons. The molecule has 5 N–H and O–H groups in total. The number of aliphatic imine (C=N–C) groups is 1. The molecule has 0 spiro atoms. The summed E-state index contributed by atoms with van der Waals surface area (Å²) in [4.78, 5) is 18.5. The molecule has 3 rings (SSSR count). The maximum atomic E-state index is 8.36. The number of aryl methyl sites for hydroxylation is 1. The van der Waals surface area contributed by atoms with Crippen molar-refractivity contribution in [3.8, 4) is 0 Å². The number of nitrogens with zero attached hydrogens (tertiary/aromatic N) is 2. The van der Waals surface area contributed by atoms with E-state index in [4.69, 9.17) is 21.4 Å². The Bertz CT molecular complexity index is 576. The minimum atomic E-state index is -0.250. The summed E-state index contributed by atoms with van der Waals surface area (Å²) in [6.45, 7) is -0.250. The number of hydrogen-bond acceptors (Lipinski definition) is 4. The molecule has 2 aliphatic carbocycles. The van der Waals surface area contributed by atoms with Crippen molar-refractivity contribution in [2.24, 2.45) is 16.5 Å². The minimum Gasteiger partial charge on any atom is -0.483 e. The first-order chi connectivity index (χ1) is 10.7. The SMILES string of the molecule is NC(N)=Nc1nc2c(s1)CCC[C@H]2C1=CCCCC1.O=CO. The first-order valence-corrected chi connectivity index (χ1v) is 8.33. The van der Waals surface area contributed by atoms with Gasteiger partial charge in [-0.1, -0.05) is 23.0 Å². The van der Waals surface area contributed by atoms with Gasteiger partial charge in [0.1, 0.15) is 0 Å². The zero-order valence-electron chi connectivity index (χ0n) is 12.5. The van der Waals surface area contributed by atoms with Crippen LogP contribution in [0.4, 0.5) is 5.13 Å². The molecule has 1 aromatic rings. The maximum Gasteiger partial charge on any atom is 0.290 e. The van der Waals surface area contributed by atoms with Gasteiger partial charge in [0.15, 0.2) is 5.96 Å². The van der Waals surface area contributed by atoms with Gasteiger partial charge < -0.3 is 16.6 Å². The topological polar surface area (TPSA) is 115 Å². The second-order valence-electron chi connectivity index (χ2n) is 5.42. The predicted octanol–water partition coefficient (Wildman–Crippen LogP) is 2.67. The van der Waals surface area contributed by atoms with Crippen LogP contribution in [0.3, 0.4) is 0 Å². The average Bonchev–Trinajstić information content (AvgIpc) is 2.90. The molecule has 0 aliphatic heterocycles. The fourth-order valence-electron chi connectivity index (χ4n) is 3.10. The van der Waals surface area contributed by atoms with Crippen molar-refractivity contribution in [3.63, 3.8) is 0 Å². The van der Waals surface area contributed by atoms with E-state index in [0.29, 0.717) is 11.0 Å². The van der Waals surface area contributed by atoms with Gasteiger partial charge in [-0.25, -0.2) is 4.98 Å². The molecule has 22 heavy (non-hydrogen) atoms. The van der Waals surface area contributed by atoms with Gasteiger partial charge in [-0.2, -0.15) is 4.99 Å². The highest BCUT2D eigenvalue weighted by Crippen LogP contribution is 2.43. The minimum absolute atomic E-state index is 0.0968. The molecule has 0 saturated carbocycles. The number of nitrogens with two attached hydrogens (primary N) is 2. The van der Waals surface area contributed by atoms with E-state index in [0.717, 1.165) is 6.42 Å². The van der Waals surface area contributed by atoms with Gasteiger partial charge in [-0.15, -0.1) is 0 Å². The van der Waals surface area contributed by atoms with E-state index < -0.39 is 0 Å². The Balaban J connectivity index is 0.000000545. The highest BCUT2D eigenvalue weighted by atomic mass is 32.1. The molecule has 7 heteroatoms. The number of rotatable bonds is 2. The van der Waals surface area contributed by atoms with E-state index in [-0.39, 0.29) is 12.4 Å². The summed E-state index contributed by atoms with van der Waals surface area (Å²) in [6, 6.07) is 0. The van der Waals surface area contributed by atoms with Crippen LogP contribution in [0, 0.1) is 0 Å². The lowest BCUT2D eigenvalue weighted by atomic mass is 9.80. The number of hydrogen-bond donors (Lipinski definition) is 3. The van der Waals surface area contributed by atoms with E-state index in [2.05, 4.69) is 16.1 Å². The number of allylic oxidation sites excluding steroid dienone is 2. The van der Waals surface area contributed by atoms with Crippen molar-refractivity contribution in [3.05, 3.63) is 22.2 Å². The van der Waals surface area contributed by atoms with Crippen LogP contribution in [0.25, 0.3) is 0 Å². The Labute approximate surface area is 134 Å². The van der Waals surface area contributed by atoms with E-state index in [1.807, 2.05) is 0 Å². The molecule has 0 unspecified atom stereocenters. The van der Waals surface area contributed by atoms with E-state index in [1.165, 1.54) is 49.1 Å². The zero-order valence-corrected chi connectivity index (χ0v) is 13.3. The molecule has 0 bridgehead atoms. The Kier molecular flexibility index (Phi) is 5.94. The Hall–Kier alpha value is -1.89. The molecule has 0 radical (unpaired) electrons. The van der Waals surface area contributed by atoms with E-state index in [9.17, 15) is 0 Å². The third kappa shape index (κ3) is 4.07. The summed E-state index contributed by atoms with van der Waals surface area (Å²) in [7, 11) is 0. The average molecular weight is 322 g/mol. The van der Waals surface area contributed by atoms with Crippen LogP contribution < -0.4 is 11.5 Å². The van der Waals surface area contributed by atoms with Crippen molar-refractivity contribution in [2.45, 2.75) is 50.9 Å². The number of carbonyl (C=O) groups is 1. The molecule has 0 aromatic carbocycles. The largest absolute Gasteiger partial charge is 0.483 e. The van der Waals surface area contributed by atoms with Crippen molar-refractivity contribution in [2.75, 3.05) is 0 Å². The molecular formula is C15H22N4O2S.